The maximum atomic E-state index is 13.5. The summed E-state index contributed by atoms with van der Waals surface area (Å²) in [4.78, 5) is 75.1. The van der Waals surface area contributed by atoms with Crippen LogP contribution in [-0.2, 0) is 9.59 Å². The van der Waals surface area contributed by atoms with Gasteiger partial charge in [0.2, 0.25) is 17.5 Å². The number of benzene rings is 3. The normalized spacial score (nSPS) is 22.6. The van der Waals surface area contributed by atoms with Crippen molar-refractivity contribution in [1.82, 2.24) is 20.0 Å². The third-order valence-corrected chi connectivity index (χ3v) is 12.6. The first kappa shape index (κ1) is 39.2. The predicted octanol–water partition coefficient (Wildman–Crippen LogP) is 5.95. The molecule has 5 heterocycles. The molecular formula is C45H45ClN6O6. The molecule has 1 N–H and O–H groups in total. The zero-order valence-electron chi connectivity index (χ0n) is 32.6. The molecule has 5 aliphatic rings. The van der Waals surface area contributed by atoms with Gasteiger partial charge in [-0.15, -0.1) is 0 Å². The first-order valence-corrected chi connectivity index (χ1v) is 20.4. The van der Waals surface area contributed by atoms with Crippen molar-refractivity contribution in [3.8, 4) is 17.6 Å². The van der Waals surface area contributed by atoms with Crippen molar-refractivity contribution in [3.05, 3.63) is 99.4 Å². The number of nitrogens with one attached hydrogen (secondary N) is 1. The molecule has 8 rings (SSSR count). The van der Waals surface area contributed by atoms with Crippen LogP contribution >= 0.6 is 11.6 Å². The number of halogens is 1. The number of hydrogen-bond acceptors (Lipinski definition) is 8. The lowest BCUT2D eigenvalue weighted by atomic mass is 9.90. The highest BCUT2D eigenvalue weighted by atomic mass is 35.5. The number of fused-ring (bicyclic) bond motifs is 1. The standard InChI is InChI=1S/C45H45ClN6O6/c1-45(2)27-51(26-39(45)58-33-11-13-37(47-3)36(46)25-33)42(55)30-8-6-28(7-9-30)4-5-29-16-20-49(21-17-29)31-18-22-50(23-19-31)32-10-12-34-35(24-32)44(57)52(43(34)56)38-14-15-40(53)48-41(38)54/h6-13,24-25,29,31,38-39H,14-23,26-27H2,1-2H3,(H,48,53,54)/t38?,39-/m0/s1. The van der Waals surface area contributed by atoms with Crippen molar-refractivity contribution in [2.75, 3.05) is 44.2 Å². The minimum atomic E-state index is -0.974. The minimum absolute atomic E-state index is 0.0458. The van der Waals surface area contributed by atoms with Crippen LogP contribution in [0.5, 0.6) is 5.75 Å². The van der Waals surface area contributed by atoms with E-state index in [0.717, 1.165) is 68.0 Å². The van der Waals surface area contributed by atoms with Gasteiger partial charge in [0, 0.05) is 60.2 Å². The van der Waals surface area contributed by atoms with E-state index in [-0.39, 0.29) is 30.3 Å². The van der Waals surface area contributed by atoms with Crippen LogP contribution in [0.1, 0.15) is 89.0 Å². The van der Waals surface area contributed by atoms with Crippen molar-refractivity contribution in [3.63, 3.8) is 0 Å². The second-order valence-electron chi connectivity index (χ2n) is 16.6. The van der Waals surface area contributed by atoms with Crippen molar-refractivity contribution in [1.29, 1.82) is 0 Å². The van der Waals surface area contributed by atoms with E-state index in [2.05, 4.69) is 45.6 Å². The molecule has 0 radical (unpaired) electrons. The Labute approximate surface area is 343 Å². The highest BCUT2D eigenvalue weighted by Crippen LogP contribution is 2.37. The van der Waals surface area contributed by atoms with Gasteiger partial charge < -0.3 is 19.4 Å². The molecular weight excluding hydrogens is 756 g/mol. The summed E-state index contributed by atoms with van der Waals surface area (Å²) < 4.78 is 6.26. The van der Waals surface area contributed by atoms with Gasteiger partial charge in [0.25, 0.3) is 17.7 Å². The number of hydrogen-bond donors (Lipinski definition) is 1. The first-order chi connectivity index (χ1) is 27.9. The van der Waals surface area contributed by atoms with Gasteiger partial charge in [-0.05, 0) is 99.8 Å². The third kappa shape index (κ3) is 7.79. The molecule has 1 unspecified atom stereocenters. The van der Waals surface area contributed by atoms with Gasteiger partial charge in [0.15, 0.2) is 0 Å². The Bertz CT molecular complexity index is 2280. The summed E-state index contributed by atoms with van der Waals surface area (Å²) in [6.07, 6.45) is 3.98. The number of piperidine rings is 3. The van der Waals surface area contributed by atoms with Gasteiger partial charge in [0.05, 0.1) is 29.3 Å². The van der Waals surface area contributed by atoms with E-state index < -0.39 is 29.7 Å². The van der Waals surface area contributed by atoms with Crippen LogP contribution in [0.4, 0.5) is 11.4 Å². The maximum absolute atomic E-state index is 13.5. The van der Waals surface area contributed by atoms with E-state index in [1.54, 1.807) is 30.3 Å². The van der Waals surface area contributed by atoms with Crippen LogP contribution in [-0.4, -0.2) is 102 Å². The fraction of sp³-hybridized carbons (Fsp3) is 0.422. The fourth-order valence-corrected chi connectivity index (χ4v) is 9.10. The van der Waals surface area contributed by atoms with Gasteiger partial charge >= 0.3 is 0 Å². The van der Waals surface area contributed by atoms with Crippen molar-refractivity contribution in [2.24, 2.45) is 11.3 Å². The van der Waals surface area contributed by atoms with E-state index in [4.69, 9.17) is 22.9 Å². The number of carbonyl (C=O) groups is 5. The summed E-state index contributed by atoms with van der Waals surface area (Å²) >= 11 is 6.22. The van der Waals surface area contributed by atoms with Crippen LogP contribution in [0.3, 0.4) is 0 Å². The zero-order valence-corrected chi connectivity index (χ0v) is 33.4. The molecule has 4 fully saturated rings. The van der Waals surface area contributed by atoms with Gasteiger partial charge in [-0.3, -0.25) is 34.2 Å². The molecule has 0 bridgehead atoms. The number of imide groups is 2. The lowest BCUT2D eigenvalue weighted by Gasteiger charge is -2.42. The highest BCUT2D eigenvalue weighted by molar-refractivity contribution is 6.33. The summed E-state index contributed by atoms with van der Waals surface area (Å²) in [5.41, 5.74) is 3.09. The first-order valence-electron chi connectivity index (χ1n) is 20.0. The van der Waals surface area contributed by atoms with Crippen LogP contribution in [0.25, 0.3) is 4.85 Å². The van der Waals surface area contributed by atoms with Gasteiger partial charge in [-0.2, -0.15) is 0 Å². The number of carbonyl (C=O) groups excluding carboxylic acids is 5. The van der Waals surface area contributed by atoms with Crippen molar-refractivity contribution in [2.45, 2.75) is 70.6 Å². The van der Waals surface area contributed by atoms with Crippen LogP contribution in [0.15, 0.2) is 60.7 Å². The molecule has 58 heavy (non-hydrogen) atoms. The Morgan fingerprint density at radius 1 is 0.897 bits per heavy atom. The average Bonchev–Trinajstić information content (AvgIpc) is 3.66. The monoisotopic (exact) mass is 800 g/mol. The SMILES string of the molecule is [C-]#[N+]c1ccc(O[C@H]2CN(C(=O)c3ccc(C#CC4CCN(C5CCN(c6ccc7c(c6)C(=O)N(C6CCC(=O)NC6=O)C7=O)CC5)CC4)cc3)CC2(C)C)cc1Cl. The molecule has 3 aromatic rings. The third-order valence-electron chi connectivity index (χ3n) is 12.3. The Morgan fingerprint density at radius 3 is 2.31 bits per heavy atom. The predicted molar refractivity (Wildman–Crippen MR) is 218 cm³/mol. The van der Waals surface area contributed by atoms with Crippen LogP contribution < -0.4 is 15.0 Å². The molecule has 0 saturated carbocycles. The summed E-state index contributed by atoms with van der Waals surface area (Å²) in [6.45, 7) is 16.0. The topological polar surface area (TPSA) is 124 Å². The Balaban J connectivity index is 0.798. The Morgan fingerprint density at radius 2 is 1.62 bits per heavy atom. The lowest BCUT2D eigenvalue weighted by Crippen LogP contribution is -2.54. The Kier molecular flexibility index (Phi) is 10.7. The zero-order chi connectivity index (χ0) is 40.7. The molecule has 0 aromatic heterocycles. The van der Waals surface area contributed by atoms with Crippen LogP contribution in [0.2, 0.25) is 5.02 Å². The molecule has 0 spiro atoms. The Hall–Kier alpha value is -5.69. The van der Waals surface area contributed by atoms with Gasteiger partial charge in [-0.1, -0.05) is 43.4 Å². The summed E-state index contributed by atoms with van der Waals surface area (Å²) in [5.74, 6) is 5.70. The largest absolute Gasteiger partial charge is 0.488 e. The maximum Gasteiger partial charge on any atom is 0.262 e. The number of ether oxygens (including phenoxy) is 1. The second-order valence-corrected chi connectivity index (χ2v) is 17.0. The van der Waals surface area contributed by atoms with Gasteiger partial charge in [0.1, 0.15) is 17.9 Å². The van der Waals surface area contributed by atoms with E-state index in [1.165, 1.54) is 0 Å². The number of nitrogens with zero attached hydrogens (tertiary/aromatic N) is 5. The molecule has 4 saturated heterocycles. The number of anilines is 1. The molecule has 13 heteroatoms. The summed E-state index contributed by atoms with van der Waals surface area (Å²) in [7, 11) is 0. The fourth-order valence-electron chi connectivity index (χ4n) is 8.89. The molecule has 5 amide bonds. The number of rotatable bonds is 6. The molecule has 3 aromatic carbocycles. The molecule has 12 nitrogen and oxygen atoms in total. The van der Waals surface area contributed by atoms with E-state index >= 15 is 0 Å². The number of amides is 5. The van der Waals surface area contributed by atoms with Crippen molar-refractivity contribution < 1.29 is 28.7 Å². The van der Waals surface area contributed by atoms with E-state index in [1.807, 2.05) is 35.2 Å². The molecule has 2 atom stereocenters. The number of likely N-dealkylation sites (tertiary alicyclic amines) is 2. The average molecular weight is 801 g/mol. The summed E-state index contributed by atoms with van der Waals surface area (Å²) in [5, 5.41) is 2.59. The minimum Gasteiger partial charge on any atom is -0.488 e. The quantitative estimate of drug-likeness (QED) is 0.184. The highest BCUT2D eigenvalue weighted by Gasteiger charge is 2.45. The van der Waals surface area contributed by atoms with E-state index in [0.29, 0.717) is 58.2 Å². The van der Waals surface area contributed by atoms with Crippen LogP contribution in [0, 0.1) is 29.7 Å². The van der Waals surface area contributed by atoms with Gasteiger partial charge in [-0.25, -0.2) is 4.85 Å². The lowest BCUT2D eigenvalue weighted by molar-refractivity contribution is -0.136. The van der Waals surface area contributed by atoms with E-state index in [9.17, 15) is 24.0 Å². The van der Waals surface area contributed by atoms with Crippen molar-refractivity contribution >= 4 is 52.5 Å². The second kappa shape index (κ2) is 15.9. The molecule has 298 valence electrons. The molecule has 5 aliphatic heterocycles. The molecule has 0 aliphatic carbocycles. The summed E-state index contributed by atoms with van der Waals surface area (Å²) in [6, 6.07) is 17.4. The smallest absolute Gasteiger partial charge is 0.262 e.